The van der Waals surface area contributed by atoms with E-state index in [-0.39, 0.29) is 5.78 Å². The molecule has 0 atom stereocenters. The van der Waals surface area contributed by atoms with Crippen LogP contribution in [0.2, 0.25) is 0 Å². The highest BCUT2D eigenvalue weighted by Gasteiger charge is 2.25. The highest BCUT2D eigenvalue weighted by atomic mass is 16.5. The second-order valence-electron chi connectivity index (χ2n) is 5.86. The van der Waals surface area contributed by atoms with Crippen molar-refractivity contribution in [2.45, 2.75) is 19.4 Å². The monoisotopic (exact) mass is 328 g/mol. The van der Waals surface area contributed by atoms with E-state index in [1.165, 1.54) is 40.2 Å². The van der Waals surface area contributed by atoms with Gasteiger partial charge in [0.05, 0.1) is 19.8 Å². The summed E-state index contributed by atoms with van der Waals surface area (Å²) in [7, 11) is 3.02. The van der Waals surface area contributed by atoms with E-state index >= 15 is 0 Å². The van der Waals surface area contributed by atoms with Crippen molar-refractivity contribution in [3.63, 3.8) is 0 Å². The quantitative estimate of drug-likeness (QED) is 0.826. The summed E-state index contributed by atoms with van der Waals surface area (Å²) >= 11 is 0. The van der Waals surface area contributed by atoms with Crippen molar-refractivity contribution in [2.24, 2.45) is 0 Å². The number of Topliss-reactive ketones (excluding diaryl/α,β-unsaturated/α-hetero) is 1. The maximum atomic E-state index is 12.6. The highest BCUT2D eigenvalue weighted by Crippen LogP contribution is 2.27. The molecule has 0 saturated heterocycles. The van der Waals surface area contributed by atoms with Crippen molar-refractivity contribution in [1.82, 2.24) is 0 Å². The highest BCUT2D eigenvalue weighted by molar-refractivity contribution is 6.11. The van der Waals surface area contributed by atoms with Crippen LogP contribution < -0.4 is 9.47 Å². The first-order valence-corrected chi connectivity index (χ1v) is 7.42. The number of carbonyl (C=O) groups excluding carboxylic acids is 2. The molecule has 1 N–H and O–H groups in total. The van der Waals surface area contributed by atoms with Crippen LogP contribution in [0.3, 0.4) is 0 Å². The molecule has 2 rings (SSSR count). The zero-order valence-electron chi connectivity index (χ0n) is 14.1. The van der Waals surface area contributed by atoms with Crippen LogP contribution in [0.5, 0.6) is 11.5 Å². The number of hydrogen-bond donors (Lipinski definition) is 1. The van der Waals surface area contributed by atoms with Crippen LogP contribution in [0.15, 0.2) is 42.5 Å². The average Bonchev–Trinajstić information content (AvgIpc) is 2.59. The molecule has 0 unspecified atom stereocenters. The van der Waals surface area contributed by atoms with Gasteiger partial charge < -0.3 is 14.6 Å². The van der Waals surface area contributed by atoms with Gasteiger partial charge in [-0.2, -0.15) is 0 Å². The van der Waals surface area contributed by atoms with Gasteiger partial charge in [0.25, 0.3) is 0 Å². The van der Waals surface area contributed by atoms with Crippen molar-refractivity contribution in [1.29, 1.82) is 0 Å². The van der Waals surface area contributed by atoms with Crippen LogP contribution in [0.1, 0.15) is 40.1 Å². The Labute approximate surface area is 140 Å². The summed E-state index contributed by atoms with van der Waals surface area (Å²) < 4.78 is 10.4. The molecular formula is C19H20O5. The first-order chi connectivity index (χ1) is 11.3. The first kappa shape index (κ1) is 17.7. The number of ketones is 2. The van der Waals surface area contributed by atoms with Crippen molar-refractivity contribution < 1.29 is 24.2 Å². The van der Waals surface area contributed by atoms with E-state index in [1.807, 2.05) is 0 Å². The van der Waals surface area contributed by atoms with Gasteiger partial charge in [-0.25, -0.2) is 0 Å². The van der Waals surface area contributed by atoms with Crippen molar-refractivity contribution in [3.8, 4) is 11.5 Å². The lowest BCUT2D eigenvalue weighted by molar-refractivity contribution is 0.0488. The Hall–Kier alpha value is -2.66. The Balaban J connectivity index is 2.33. The average molecular weight is 328 g/mol. The number of aliphatic hydroxyl groups is 1. The first-order valence-electron chi connectivity index (χ1n) is 7.42. The molecule has 126 valence electrons. The summed E-state index contributed by atoms with van der Waals surface area (Å²) in [6.07, 6.45) is 0. The predicted octanol–water partition coefficient (Wildman–Crippen LogP) is 2.89. The lowest BCUT2D eigenvalue weighted by Gasteiger charge is -2.15. The fourth-order valence-electron chi connectivity index (χ4n) is 2.27. The lowest BCUT2D eigenvalue weighted by atomic mass is 9.94. The molecule has 0 amide bonds. The normalized spacial score (nSPS) is 11.0. The second-order valence-corrected chi connectivity index (χ2v) is 5.86. The summed E-state index contributed by atoms with van der Waals surface area (Å²) in [5.74, 6) is 0.380. The van der Waals surface area contributed by atoms with E-state index in [0.29, 0.717) is 28.2 Å². The van der Waals surface area contributed by atoms with Gasteiger partial charge in [0, 0.05) is 17.2 Å². The fourth-order valence-corrected chi connectivity index (χ4v) is 2.27. The van der Waals surface area contributed by atoms with Gasteiger partial charge in [-0.15, -0.1) is 0 Å². The number of rotatable bonds is 6. The Kier molecular flexibility index (Phi) is 5.04. The Bertz CT molecular complexity index is 754. The standard InChI is InChI=1S/C19H20O5/c1-19(2,22)18(21)13-7-5-12(6-8-13)17(20)15-10-9-14(23-3)11-16(15)24-4/h5-11,22H,1-4H3. The zero-order valence-corrected chi connectivity index (χ0v) is 14.1. The largest absolute Gasteiger partial charge is 0.497 e. The van der Waals surface area contributed by atoms with Crippen molar-refractivity contribution in [3.05, 3.63) is 59.2 Å². The van der Waals surface area contributed by atoms with E-state index in [9.17, 15) is 14.7 Å². The van der Waals surface area contributed by atoms with E-state index in [2.05, 4.69) is 0 Å². The minimum atomic E-state index is -1.45. The topological polar surface area (TPSA) is 72.8 Å². The SMILES string of the molecule is COc1ccc(C(=O)c2ccc(C(=O)C(C)(C)O)cc2)c(OC)c1. The maximum Gasteiger partial charge on any atom is 0.196 e. The molecular weight excluding hydrogens is 308 g/mol. The molecule has 0 radical (unpaired) electrons. The number of benzene rings is 2. The number of ether oxygens (including phenoxy) is 2. The molecule has 2 aromatic rings. The van der Waals surface area contributed by atoms with Crippen LogP contribution in [0.25, 0.3) is 0 Å². The summed E-state index contributed by atoms with van der Waals surface area (Å²) in [5, 5.41) is 9.77. The zero-order chi connectivity index (χ0) is 17.9. The van der Waals surface area contributed by atoms with Gasteiger partial charge in [0.2, 0.25) is 0 Å². The van der Waals surface area contributed by atoms with Crippen molar-refractivity contribution >= 4 is 11.6 Å². The summed E-state index contributed by atoms with van der Waals surface area (Å²) in [4.78, 5) is 24.7. The van der Waals surface area contributed by atoms with E-state index in [1.54, 1.807) is 30.3 Å². The van der Waals surface area contributed by atoms with Crippen LogP contribution in [0, 0.1) is 0 Å². The molecule has 24 heavy (non-hydrogen) atoms. The summed E-state index contributed by atoms with van der Waals surface area (Å²) in [6.45, 7) is 2.85. The molecule has 5 heteroatoms. The van der Waals surface area contributed by atoms with Crippen LogP contribution in [-0.2, 0) is 0 Å². The van der Waals surface area contributed by atoms with E-state index < -0.39 is 11.4 Å². The number of hydrogen-bond acceptors (Lipinski definition) is 5. The number of methoxy groups -OCH3 is 2. The van der Waals surface area contributed by atoms with E-state index in [0.717, 1.165) is 0 Å². The third-order valence-electron chi connectivity index (χ3n) is 3.62. The molecule has 0 aromatic heterocycles. The molecule has 0 fully saturated rings. The predicted molar refractivity (Wildman–Crippen MR) is 90.0 cm³/mol. The van der Waals surface area contributed by atoms with E-state index in [4.69, 9.17) is 9.47 Å². The molecule has 0 aliphatic rings. The lowest BCUT2D eigenvalue weighted by Crippen LogP contribution is -2.31. The smallest absolute Gasteiger partial charge is 0.196 e. The van der Waals surface area contributed by atoms with Crippen molar-refractivity contribution in [2.75, 3.05) is 14.2 Å². The third kappa shape index (κ3) is 3.63. The molecule has 0 aliphatic carbocycles. The second kappa shape index (κ2) is 6.84. The molecule has 5 nitrogen and oxygen atoms in total. The number of carbonyl (C=O) groups is 2. The van der Waals surface area contributed by atoms with Gasteiger partial charge in [-0.1, -0.05) is 24.3 Å². The van der Waals surface area contributed by atoms with Gasteiger partial charge in [0.15, 0.2) is 11.6 Å². The van der Waals surface area contributed by atoms with Gasteiger partial charge >= 0.3 is 0 Å². The molecule has 2 aromatic carbocycles. The Morgan fingerprint density at radius 2 is 1.50 bits per heavy atom. The maximum absolute atomic E-state index is 12.6. The molecule has 0 saturated carbocycles. The van der Waals surface area contributed by atoms with Gasteiger partial charge in [-0.05, 0) is 26.0 Å². The van der Waals surface area contributed by atoms with Gasteiger partial charge in [-0.3, -0.25) is 9.59 Å². The molecule has 0 spiro atoms. The third-order valence-corrected chi connectivity index (χ3v) is 3.62. The summed E-state index contributed by atoms with van der Waals surface area (Å²) in [5.41, 5.74) is -0.281. The summed E-state index contributed by atoms with van der Waals surface area (Å²) in [6, 6.07) is 11.1. The van der Waals surface area contributed by atoms with Gasteiger partial charge in [0.1, 0.15) is 17.1 Å². The van der Waals surface area contributed by atoms with Crippen LogP contribution in [0.4, 0.5) is 0 Å². The Morgan fingerprint density at radius 3 is 2.00 bits per heavy atom. The minimum absolute atomic E-state index is 0.225. The minimum Gasteiger partial charge on any atom is -0.497 e. The molecule has 0 bridgehead atoms. The molecule has 0 aliphatic heterocycles. The van der Waals surface area contributed by atoms with Crippen LogP contribution in [-0.4, -0.2) is 36.5 Å². The molecule has 0 heterocycles. The fraction of sp³-hybridized carbons (Fsp3) is 0.263. The Morgan fingerprint density at radius 1 is 0.917 bits per heavy atom. The van der Waals surface area contributed by atoms with Crippen LogP contribution >= 0.6 is 0 Å².